The third-order valence-electron chi connectivity index (χ3n) is 3.82. The molecule has 1 saturated carbocycles. The first-order valence-electron chi connectivity index (χ1n) is 7.30. The molecule has 0 radical (unpaired) electrons. The van der Waals surface area contributed by atoms with Crippen LogP contribution in [-0.4, -0.2) is 23.6 Å². The molecule has 1 fully saturated rings. The number of hydrogen-bond donors (Lipinski definition) is 2. The molecule has 1 aliphatic rings. The lowest BCUT2D eigenvalue weighted by molar-refractivity contribution is -0.124. The quantitative estimate of drug-likeness (QED) is 0.811. The van der Waals surface area contributed by atoms with Gasteiger partial charge in [0.2, 0.25) is 5.91 Å². The fraction of sp³-hybridized carbons (Fsp3) is 0.562. The van der Waals surface area contributed by atoms with Crippen LogP contribution in [0.5, 0.6) is 5.75 Å². The summed E-state index contributed by atoms with van der Waals surface area (Å²) in [7, 11) is 0. The monoisotopic (exact) mass is 294 g/mol. The van der Waals surface area contributed by atoms with Gasteiger partial charge in [0, 0.05) is 18.5 Å². The van der Waals surface area contributed by atoms with Crippen molar-refractivity contribution < 1.29 is 13.9 Å². The second kappa shape index (κ2) is 6.02. The van der Waals surface area contributed by atoms with Gasteiger partial charge in [-0.1, -0.05) is 6.07 Å². The van der Waals surface area contributed by atoms with Gasteiger partial charge in [-0.25, -0.2) is 4.39 Å². The number of nitrogens with one attached hydrogen (secondary N) is 1. The molecule has 0 aliphatic heterocycles. The topological polar surface area (TPSA) is 64.3 Å². The van der Waals surface area contributed by atoms with Gasteiger partial charge in [-0.2, -0.15) is 0 Å². The maximum atomic E-state index is 13.5. The fourth-order valence-electron chi connectivity index (χ4n) is 2.40. The Morgan fingerprint density at radius 1 is 1.57 bits per heavy atom. The summed E-state index contributed by atoms with van der Waals surface area (Å²) >= 11 is 0. The molecule has 0 aromatic heterocycles. The van der Waals surface area contributed by atoms with E-state index in [2.05, 4.69) is 5.32 Å². The summed E-state index contributed by atoms with van der Waals surface area (Å²) in [5.41, 5.74) is 5.29. The molecule has 0 bridgehead atoms. The van der Waals surface area contributed by atoms with E-state index in [0.29, 0.717) is 23.8 Å². The molecule has 116 valence electrons. The van der Waals surface area contributed by atoms with Crippen molar-refractivity contribution in [2.24, 2.45) is 5.73 Å². The van der Waals surface area contributed by atoms with Crippen LogP contribution in [0.1, 0.15) is 38.7 Å². The molecule has 5 heteroatoms. The minimum atomic E-state index is -0.802. The predicted molar refractivity (Wildman–Crippen MR) is 79.6 cm³/mol. The fourth-order valence-corrected chi connectivity index (χ4v) is 2.40. The summed E-state index contributed by atoms with van der Waals surface area (Å²) < 4.78 is 19.2. The van der Waals surface area contributed by atoms with E-state index >= 15 is 0 Å². The molecule has 2 atom stereocenters. The molecule has 1 aromatic carbocycles. The first-order chi connectivity index (χ1) is 9.80. The third kappa shape index (κ3) is 4.17. The van der Waals surface area contributed by atoms with Gasteiger partial charge in [-0.05, 0) is 45.2 Å². The average Bonchev–Trinajstić information content (AvgIpc) is 3.17. The van der Waals surface area contributed by atoms with E-state index in [-0.39, 0.29) is 17.8 Å². The number of amides is 1. The zero-order valence-electron chi connectivity index (χ0n) is 12.8. The maximum Gasteiger partial charge on any atom is 0.237 e. The average molecular weight is 294 g/mol. The Balaban J connectivity index is 1.99. The molecular formula is C16H23FN2O2. The van der Waals surface area contributed by atoms with Gasteiger partial charge in [0.15, 0.2) is 0 Å². The number of nitrogens with two attached hydrogens (primary N) is 1. The second-order valence-electron chi connectivity index (χ2n) is 6.16. The Morgan fingerprint density at radius 2 is 2.24 bits per heavy atom. The molecule has 21 heavy (non-hydrogen) atoms. The zero-order chi connectivity index (χ0) is 15.6. The van der Waals surface area contributed by atoms with E-state index in [0.717, 1.165) is 12.8 Å². The van der Waals surface area contributed by atoms with Gasteiger partial charge >= 0.3 is 0 Å². The van der Waals surface area contributed by atoms with Gasteiger partial charge < -0.3 is 15.8 Å². The zero-order valence-corrected chi connectivity index (χ0v) is 12.8. The SMILES string of the molecule is Cc1ccc(OC(C)CC(C)(NC2CC2)C(N)=O)cc1F. The minimum absolute atomic E-state index is 0.254. The number of ether oxygens (including phenoxy) is 1. The number of carbonyl (C=O) groups excluding carboxylic acids is 1. The highest BCUT2D eigenvalue weighted by molar-refractivity contribution is 5.84. The summed E-state index contributed by atoms with van der Waals surface area (Å²) in [4.78, 5) is 11.7. The molecule has 0 heterocycles. The van der Waals surface area contributed by atoms with Crippen molar-refractivity contribution in [2.45, 2.75) is 57.7 Å². The van der Waals surface area contributed by atoms with Crippen molar-refractivity contribution in [3.8, 4) is 5.75 Å². The molecule has 0 spiro atoms. The Kier molecular flexibility index (Phi) is 4.52. The van der Waals surface area contributed by atoms with Crippen LogP contribution in [0.25, 0.3) is 0 Å². The van der Waals surface area contributed by atoms with E-state index in [4.69, 9.17) is 10.5 Å². The Bertz CT molecular complexity index is 531. The summed E-state index contributed by atoms with van der Waals surface area (Å²) in [5, 5.41) is 3.28. The lowest BCUT2D eigenvalue weighted by Crippen LogP contribution is -2.55. The minimum Gasteiger partial charge on any atom is -0.491 e. The second-order valence-corrected chi connectivity index (χ2v) is 6.16. The maximum absolute atomic E-state index is 13.5. The normalized spacial score (nSPS) is 18.9. The molecule has 3 N–H and O–H groups in total. The van der Waals surface area contributed by atoms with Crippen molar-refractivity contribution in [1.29, 1.82) is 0 Å². The highest BCUT2D eigenvalue weighted by atomic mass is 19.1. The first kappa shape index (κ1) is 15.8. The highest BCUT2D eigenvalue weighted by Crippen LogP contribution is 2.26. The van der Waals surface area contributed by atoms with Gasteiger partial charge in [-0.15, -0.1) is 0 Å². The van der Waals surface area contributed by atoms with E-state index in [1.165, 1.54) is 6.07 Å². The molecular weight excluding hydrogens is 271 g/mol. The molecule has 1 aromatic rings. The van der Waals surface area contributed by atoms with Crippen molar-refractivity contribution in [3.63, 3.8) is 0 Å². The molecule has 2 rings (SSSR count). The van der Waals surface area contributed by atoms with E-state index in [1.807, 2.05) is 6.92 Å². The first-order valence-corrected chi connectivity index (χ1v) is 7.30. The van der Waals surface area contributed by atoms with Crippen molar-refractivity contribution in [2.75, 3.05) is 0 Å². The molecule has 4 nitrogen and oxygen atoms in total. The number of hydrogen-bond acceptors (Lipinski definition) is 3. The molecule has 1 aliphatic carbocycles. The van der Waals surface area contributed by atoms with Crippen LogP contribution in [0.4, 0.5) is 4.39 Å². The van der Waals surface area contributed by atoms with Gasteiger partial charge in [0.25, 0.3) is 0 Å². The van der Waals surface area contributed by atoms with Crippen LogP contribution in [-0.2, 0) is 4.79 Å². The smallest absolute Gasteiger partial charge is 0.237 e. The van der Waals surface area contributed by atoms with Crippen LogP contribution < -0.4 is 15.8 Å². The largest absolute Gasteiger partial charge is 0.491 e. The van der Waals surface area contributed by atoms with E-state index < -0.39 is 5.54 Å². The Labute approximate surface area is 124 Å². The highest BCUT2D eigenvalue weighted by Gasteiger charge is 2.38. The van der Waals surface area contributed by atoms with Crippen molar-refractivity contribution in [3.05, 3.63) is 29.6 Å². The van der Waals surface area contributed by atoms with Crippen LogP contribution in [0, 0.1) is 12.7 Å². The van der Waals surface area contributed by atoms with Gasteiger partial charge in [0.1, 0.15) is 11.6 Å². The number of rotatable bonds is 7. The van der Waals surface area contributed by atoms with E-state index in [9.17, 15) is 9.18 Å². The molecule has 0 saturated heterocycles. The van der Waals surface area contributed by atoms with Crippen LogP contribution >= 0.6 is 0 Å². The van der Waals surface area contributed by atoms with Crippen molar-refractivity contribution >= 4 is 5.91 Å². The van der Waals surface area contributed by atoms with Crippen LogP contribution in [0.3, 0.4) is 0 Å². The lowest BCUT2D eigenvalue weighted by atomic mass is 9.93. The molecule has 2 unspecified atom stereocenters. The lowest BCUT2D eigenvalue weighted by Gasteiger charge is -2.30. The predicted octanol–water partition coefficient (Wildman–Crippen LogP) is 2.29. The number of aryl methyl sites for hydroxylation is 1. The Morgan fingerprint density at radius 3 is 2.76 bits per heavy atom. The van der Waals surface area contributed by atoms with Crippen LogP contribution in [0.2, 0.25) is 0 Å². The summed E-state index contributed by atoms with van der Waals surface area (Å²) in [6, 6.07) is 5.13. The van der Waals surface area contributed by atoms with Crippen molar-refractivity contribution in [1.82, 2.24) is 5.32 Å². The standard InChI is InChI=1S/C16H23FN2O2/c1-10-4-7-13(8-14(10)17)21-11(2)9-16(3,15(18)20)19-12-5-6-12/h4,7-8,11-12,19H,5-6,9H2,1-3H3,(H2,18,20). The summed E-state index contributed by atoms with van der Waals surface area (Å²) in [6.07, 6.45) is 2.33. The Hall–Kier alpha value is -1.62. The number of benzene rings is 1. The number of carbonyl (C=O) groups is 1. The number of halogens is 1. The summed E-state index contributed by atoms with van der Waals surface area (Å²) in [6.45, 7) is 5.35. The number of primary amides is 1. The third-order valence-corrected chi connectivity index (χ3v) is 3.82. The molecule has 1 amide bonds. The van der Waals surface area contributed by atoms with Crippen LogP contribution in [0.15, 0.2) is 18.2 Å². The summed E-state index contributed by atoms with van der Waals surface area (Å²) in [5.74, 6) is -0.225. The van der Waals surface area contributed by atoms with E-state index in [1.54, 1.807) is 26.0 Å². The van der Waals surface area contributed by atoms with Gasteiger partial charge in [0.05, 0.1) is 11.6 Å². The van der Waals surface area contributed by atoms with Gasteiger partial charge in [-0.3, -0.25) is 4.79 Å².